The Morgan fingerprint density at radius 1 is 1.19 bits per heavy atom. The maximum absolute atomic E-state index is 11.0. The number of piperazine rings is 1. The van der Waals surface area contributed by atoms with E-state index < -0.39 is 6.09 Å². The van der Waals surface area contributed by atoms with E-state index >= 15 is 0 Å². The molecule has 2 aromatic rings. The number of carboxylic acid groups (broad SMARTS) is 1. The molecule has 3 rings (SSSR count). The number of aryl methyl sites for hydroxylation is 1. The first-order valence-corrected chi connectivity index (χ1v) is 8.35. The van der Waals surface area contributed by atoms with Gasteiger partial charge in [-0.1, -0.05) is 0 Å². The zero-order chi connectivity index (χ0) is 18.4. The maximum Gasteiger partial charge on any atom is 0.407 e. The van der Waals surface area contributed by atoms with Crippen molar-refractivity contribution in [2.24, 2.45) is 0 Å². The summed E-state index contributed by atoms with van der Waals surface area (Å²) in [6, 6.07) is 3.63. The minimum Gasteiger partial charge on any atom is -0.488 e. The molecule has 1 amide bonds. The molecule has 1 saturated heterocycles. The molecular weight excluding hydrogens is 338 g/mol. The van der Waals surface area contributed by atoms with E-state index in [9.17, 15) is 4.79 Å². The Morgan fingerprint density at radius 2 is 1.96 bits per heavy atom. The first-order valence-electron chi connectivity index (χ1n) is 8.35. The number of rotatable bonds is 6. The lowest BCUT2D eigenvalue weighted by Gasteiger charge is -2.34. The maximum atomic E-state index is 11.0. The van der Waals surface area contributed by atoms with Crippen molar-refractivity contribution in [3.05, 3.63) is 36.4 Å². The van der Waals surface area contributed by atoms with Crippen molar-refractivity contribution < 1.29 is 19.4 Å². The minimum atomic E-state index is -0.899. The molecule has 1 aliphatic rings. The summed E-state index contributed by atoms with van der Waals surface area (Å²) in [5.74, 6) is 1.74. The fraction of sp³-hybridized carbons (Fsp3) is 0.412. The molecule has 26 heavy (non-hydrogen) atoms. The van der Waals surface area contributed by atoms with Gasteiger partial charge in [0.25, 0.3) is 5.88 Å². The topological polar surface area (TPSA) is 101 Å². The van der Waals surface area contributed by atoms with Gasteiger partial charge in [-0.15, -0.1) is 0 Å². The second-order valence-corrected chi connectivity index (χ2v) is 5.78. The number of hydrogen-bond acceptors (Lipinski definition) is 7. The molecule has 3 heterocycles. The monoisotopic (exact) mass is 359 g/mol. The van der Waals surface area contributed by atoms with Crippen LogP contribution in [-0.2, 0) is 0 Å². The molecule has 9 nitrogen and oxygen atoms in total. The predicted octanol–water partition coefficient (Wildman–Crippen LogP) is 1.44. The largest absolute Gasteiger partial charge is 0.488 e. The Balaban J connectivity index is 1.58. The summed E-state index contributed by atoms with van der Waals surface area (Å²) < 4.78 is 11.3. The number of nitrogens with zero attached hydrogens (tertiary/aromatic N) is 5. The number of aromatic nitrogens is 3. The van der Waals surface area contributed by atoms with Crippen molar-refractivity contribution in [2.75, 3.05) is 44.3 Å². The molecule has 0 spiro atoms. The molecule has 1 aliphatic heterocycles. The van der Waals surface area contributed by atoms with Crippen LogP contribution >= 0.6 is 0 Å². The van der Waals surface area contributed by atoms with Crippen molar-refractivity contribution >= 4 is 11.9 Å². The predicted molar refractivity (Wildman–Crippen MR) is 93.8 cm³/mol. The summed E-state index contributed by atoms with van der Waals surface area (Å²) in [4.78, 5) is 27.3. The molecule has 1 N–H and O–H groups in total. The number of pyridine rings is 1. The molecule has 0 aromatic carbocycles. The summed E-state index contributed by atoms with van der Waals surface area (Å²) in [7, 11) is 0. The highest BCUT2D eigenvalue weighted by molar-refractivity contribution is 5.65. The lowest BCUT2D eigenvalue weighted by atomic mass is 10.3. The van der Waals surface area contributed by atoms with E-state index in [4.69, 9.17) is 14.6 Å². The van der Waals surface area contributed by atoms with E-state index in [1.54, 1.807) is 24.7 Å². The van der Waals surface area contributed by atoms with E-state index in [1.165, 1.54) is 4.90 Å². The van der Waals surface area contributed by atoms with Gasteiger partial charge in [0, 0.05) is 32.4 Å². The average Bonchev–Trinajstić information content (AvgIpc) is 2.66. The van der Waals surface area contributed by atoms with Crippen LogP contribution in [0.2, 0.25) is 0 Å². The van der Waals surface area contributed by atoms with E-state index in [-0.39, 0.29) is 0 Å². The Kier molecular flexibility index (Phi) is 5.67. The Bertz CT molecular complexity index is 735. The number of anilines is 1. The zero-order valence-corrected chi connectivity index (χ0v) is 14.5. The number of hydrogen-bond donors (Lipinski definition) is 1. The molecule has 9 heteroatoms. The lowest BCUT2D eigenvalue weighted by molar-refractivity contribution is 0.142. The Hall–Kier alpha value is -3.10. The van der Waals surface area contributed by atoms with E-state index in [0.717, 1.165) is 5.69 Å². The highest BCUT2D eigenvalue weighted by Gasteiger charge is 2.24. The van der Waals surface area contributed by atoms with Crippen molar-refractivity contribution in [2.45, 2.75) is 6.92 Å². The van der Waals surface area contributed by atoms with Gasteiger partial charge in [0.05, 0.1) is 18.1 Å². The summed E-state index contributed by atoms with van der Waals surface area (Å²) >= 11 is 0. The van der Waals surface area contributed by atoms with Crippen molar-refractivity contribution in [1.82, 2.24) is 19.9 Å². The van der Waals surface area contributed by atoms with Crippen LogP contribution in [0.5, 0.6) is 11.6 Å². The molecule has 0 unspecified atom stereocenters. The van der Waals surface area contributed by atoms with E-state index in [1.807, 2.05) is 17.9 Å². The first-order chi connectivity index (χ1) is 12.6. The van der Waals surface area contributed by atoms with Gasteiger partial charge in [-0.25, -0.2) is 14.8 Å². The summed E-state index contributed by atoms with van der Waals surface area (Å²) in [5.41, 5.74) is 0.751. The fourth-order valence-corrected chi connectivity index (χ4v) is 2.60. The van der Waals surface area contributed by atoms with Gasteiger partial charge in [0.2, 0.25) is 0 Å². The van der Waals surface area contributed by atoms with Crippen molar-refractivity contribution in [3.8, 4) is 11.6 Å². The van der Waals surface area contributed by atoms with Gasteiger partial charge in [-0.05, 0) is 19.1 Å². The summed E-state index contributed by atoms with van der Waals surface area (Å²) in [5, 5.41) is 9.06. The smallest absolute Gasteiger partial charge is 0.407 e. The van der Waals surface area contributed by atoms with Crippen LogP contribution in [0.15, 0.2) is 30.7 Å². The van der Waals surface area contributed by atoms with Gasteiger partial charge in [-0.2, -0.15) is 0 Å². The molecule has 0 bridgehead atoms. The van der Waals surface area contributed by atoms with E-state index in [0.29, 0.717) is 56.8 Å². The lowest BCUT2D eigenvalue weighted by Crippen LogP contribution is -2.48. The molecule has 1 fully saturated rings. The van der Waals surface area contributed by atoms with Gasteiger partial charge in [-0.3, -0.25) is 4.98 Å². The normalized spacial score (nSPS) is 14.2. The molecule has 2 aromatic heterocycles. The quantitative estimate of drug-likeness (QED) is 0.773. The first kappa shape index (κ1) is 17.7. The third-order valence-corrected chi connectivity index (χ3v) is 3.92. The van der Waals surface area contributed by atoms with E-state index in [2.05, 4.69) is 15.0 Å². The molecular formula is C17H21N5O4. The molecule has 0 atom stereocenters. The second kappa shape index (κ2) is 8.32. The summed E-state index contributed by atoms with van der Waals surface area (Å²) in [6.45, 7) is 4.46. The Labute approximate surface area is 151 Å². The summed E-state index contributed by atoms with van der Waals surface area (Å²) in [6.07, 6.45) is 4.10. The van der Waals surface area contributed by atoms with Gasteiger partial charge < -0.3 is 24.4 Å². The van der Waals surface area contributed by atoms with Crippen molar-refractivity contribution in [1.29, 1.82) is 0 Å². The van der Waals surface area contributed by atoms with Crippen LogP contribution in [0.25, 0.3) is 0 Å². The Morgan fingerprint density at radius 3 is 2.65 bits per heavy atom. The van der Waals surface area contributed by atoms with Gasteiger partial charge in [0.1, 0.15) is 19.0 Å². The van der Waals surface area contributed by atoms with Crippen LogP contribution in [-0.4, -0.2) is 70.4 Å². The molecule has 138 valence electrons. The van der Waals surface area contributed by atoms with Crippen LogP contribution in [0.4, 0.5) is 10.6 Å². The highest BCUT2D eigenvalue weighted by Crippen LogP contribution is 2.24. The van der Waals surface area contributed by atoms with Gasteiger partial charge in [0.15, 0.2) is 5.82 Å². The fourth-order valence-electron chi connectivity index (χ4n) is 2.60. The molecule has 0 saturated carbocycles. The average molecular weight is 359 g/mol. The number of amides is 1. The van der Waals surface area contributed by atoms with Crippen LogP contribution < -0.4 is 14.4 Å². The number of carbonyl (C=O) groups is 1. The van der Waals surface area contributed by atoms with Crippen LogP contribution in [0.3, 0.4) is 0 Å². The van der Waals surface area contributed by atoms with Crippen LogP contribution in [0.1, 0.15) is 5.69 Å². The SMILES string of the molecule is Cc1cnc(N2CCN(C(=O)O)CC2)c(OCCOc2cccnc2)n1. The third-order valence-electron chi connectivity index (χ3n) is 3.92. The zero-order valence-electron chi connectivity index (χ0n) is 14.5. The second-order valence-electron chi connectivity index (χ2n) is 5.78. The third kappa shape index (κ3) is 4.50. The highest BCUT2D eigenvalue weighted by atomic mass is 16.5. The molecule has 0 aliphatic carbocycles. The van der Waals surface area contributed by atoms with Crippen LogP contribution in [0, 0.1) is 6.92 Å². The number of ether oxygens (including phenoxy) is 2. The minimum absolute atomic E-state index is 0.315. The standard InChI is InChI=1S/C17H21N5O4/c1-13-11-19-15(21-5-7-22(8-6-21)17(23)24)16(20-13)26-10-9-25-14-3-2-4-18-12-14/h2-4,11-12H,5-10H2,1H3,(H,23,24). The molecule has 0 radical (unpaired) electrons. The van der Waals surface area contributed by atoms with Gasteiger partial charge >= 0.3 is 6.09 Å². The van der Waals surface area contributed by atoms with Crippen molar-refractivity contribution in [3.63, 3.8) is 0 Å².